The summed E-state index contributed by atoms with van der Waals surface area (Å²) in [6, 6.07) is 18.1. The molecule has 2 aromatic heterocycles. The third-order valence-corrected chi connectivity index (χ3v) is 13.3. The van der Waals surface area contributed by atoms with Crippen molar-refractivity contribution in [2.24, 2.45) is 5.41 Å². The van der Waals surface area contributed by atoms with E-state index in [0.29, 0.717) is 29.5 Å². The highest BCUT2D eigenvalue weighted by Crippen LogP contribution is 2.44. The van der Waals surface area contributed by atoms with Crippen LogP contribution in [0.2, 0.25) is 5.02 Å². The van der Waals surface area contributed by atoms with Crippen LogP contribution in [0.15, 0.2) is 89.6 Å². The van der Waals surface area contributed by atoms with Crippen molar-refractivity contribution in [3.05, 3.63) is 111 Å². The smallest absolute Gasteiger partial charge is 0.404 e. The number of nitro benzene ring substituents is 1. The number of nitrogens with zero attached hydrogens (tertiary/aromatic N) is 4. The van der Waals surface area contributed by atoms with E-state index >= 15 is 0 Å². The largest absolute Gasteiger partial charge is 0.489 e. The van der Waals surface area contributed by atoms with Crippen LogP contribution >= 0.6 is 11.6 Å². The number of piperazine rings is 1. The van der Waals surface area contributed by atoms with Crippen molar-refractivity contribution in [2.75, 3.05) is 56.1 Å². The molecule has 1 saturated heterocycles. The lowest BCUT2D eigenvalue weighted by Gasteiger charge is -2.39. The summed E-state index contributed by atoms with van der Waals surface area (Å²) < 4.78 is 41.7. The van der Waals surface area contributed by atoms with E-state index in [9.17, 15) is 28.1 Å². The molecule has 3 aromatic carbocycles. The zero-order valence-corrected chi connectivity index (χ0v) is 36.2. The number of ether oxygens (including phenoxy) is 2. The molecule has 0 spiro atoms. The number of anilines is 2. The first kappa shape index (κ1) is 43.3. The number of carbonyl (C=O) groups excluding carboxylic acids is 1. The molecule has 3 aliphatic rings. The zero-order chi connectivity index (χ0) is 44.5. The fourth-order valence-electron chi connectivity index (χ4n) is 8.30. The molecule has 17 nitrogen and oxygen atoms in total. The number of halogens is 1. The van der Waals surface area contributed by atoms with Gasteiger partial charge in [0.05, 0.1) is 27.6 Å². The number of carboxylic acid groups (broad SMARTS) is 1. The highest BCUT2D eigenvalue weighted by molar-refractivity contribution is 7.90. The van der Waals surface area contributed by atoms with Gasteiger partial charge in [-0.05, 0) is 78.6 Å². The van der Waals surface area contributed by atoms with Gasteiger partial charge in [-0.25, -0.2) is 22.9 Å². The van der Waals surface area contributed by atoms with Crippen LogP contribution in [0.5, 0.6) is 17.2 Å². The van der Waals surface area contributed by atoms with Crippen LogP contribution in [-0.4, -0.2) is 97.2 Å². The number of benzene rings is 3. The highest BCUT2D eigenvalue weighted by Gasteiger charge is 2.33. The Morgan fingerprint density at radius 3 is 2.60 bits per heavy atom. The van der Waals surface area contributed by atoms with Gasteiger partial charge in [0.25, 0.3) is 21.6 Å². The summed E-state index contributed by atoms with van der Waals surface area (Å²) in [7, 11) is -4.71. The van der Waals surface area contributed by atoms with Crippen LogP contribution in [0, 0.1) is 15.5 Å². The van der Waals surface area contributed by atoms with Crippen LogP contribution in [-0.2, 0) is 10.0 Å². The number of nitrogens with one attached hydrogen (secondary N) is 4. The van der Waals surface area contributed by atoms with Crippen molar-refractivity contribution in [2.45, 2.75) is 50.5 Å². The van der Waals surface area contributed by atoms with Gasteiger partial charge in [-0.3, -0.25) is 19.8 Å². The second-order valence-electron chi connectivity index (χ2n) is 16.7. The molecular weight excluding hydrogens is 852 g/mol. The molecule has 330 valence electrons. The van der Waals surface area contributed by atoms with Gasteiger partial charge in [-0.1, -0.05) is 43.2 Å². The summed E-state index contributed by atoms with van der Waals surface area (Å²) in [5.41, 5.74) is 4.91. The number of allylic oxidation sites excluding steroid dienone is 1. The molecule has 5 N–H and O–H groups in total. The SMILES string of the molecule is CC1(C)CCC(CN2CCN(c3ccc(C(=O)NS(=O)(=O)c4cc5c(c([N+](=O)[O-])c4)NC(CCNC(=O)O)CO5)c(Oc4cnc5[nH]ccc5c4)c3)CC2)=C(c2ccc(Cl)cc2)C1. The van der Waals surface area contributed by atoms with Gasteiger partial charge >= 0.3 is 6.09 Å². The number of carbonyl (C=O) groups is 2. The zero-order valence-electron chi connectivity index (χ0n) is 34.6. The lowest BCUT2D eigenvalue weighted by Crippen LogP contribution is -2.47. The van der Waals surface area contributed by atoms with Crippen molar-refractivity contribution in [3.63, 3.8) is 0 Å². The molecular formula is C44H47ClN8O9S. The molecule has 4 heterocycles. The Balaban J connectivity index is 1.02. The Hall–Kier alpha value is -6.37. The van der Waals surface area contributed by atoms with Crippen LogP contribution in [0.1, 0.15) is 55.5 Å². The number of amides is 2. The van der Waals surface area contributed by atoms with Gasteiger partial charge < -0.3 is 35.1 Å². The Labute approximate surface area is 368 Å². The summed E-state index contributed by atoms with van der Waals surface area (Å²) in [6.45, 7) is 8.51. The minimum atomic E-state index is -4.71. The van der Waals surface area contributed by atoms with Crippen molar-refractivity contribution in [3.8, 4) is 17.2 Å². The maximum Gasteiger partial charge on any atom is 0.404 e. The lowest BCUT2D eigenvalue weighted by molar-refractivity contribution is -0.384. The van der Waals surface area contributed by atoms with Crippen LogP contribution in [0.25, 0.3) is 16.6 Å². The highest BCUT2D eigenvalue weighted by atomic mass is 35.5. The van der Waals surface area contributed by atoms with Gasteiger partial charge in [-0.15, -0.1) is 0 Å². The first-order chi connectivity index (χ1) is 30.1. The molecule has 2 aliphatic heterocycles. The summed E-state index contributed by atoms with van der Waals surface area (Å²) in [5.74, 6) is -0.743. The standard InChI is InChI=1S/C44H47ClN8O9S/c1-44(2)12-9-29(36(23-44)27-3-5-30(45)6-4-27)25-51-15-17-52(18-16-51)32-7-8-35(38(20-32)62-33-19-28-10-13-46-41(28)48-24-33)42(54)50-63(59,60)34-21-37(53(57)58)40-39(22-34)61-26-31(49-40)11-14-47-43(55)56/h3-8,10,13,19-22,24,31,47,49H,9,11-12,14-18,23,25-26H2,1-2H3,(H,46,48)(H,50,54)(H,55,56). The Bertz CT molecular complexity index is 2720. The van der Waals surface area contributed by atoms with Crippen molar-refractivity contribution >= 4 is 67.3 Å². The number of pyridine rings is 1. The predicted octanol–water partition coefficient (Wildman–Crippen LogP) is 7.65. The third kappa shape index (κ3) is 9.98. The number of hydrogen-bond donors (Lipinski definition) is 5. The fraction of sp³-hybridized carbons (Fsp3) is 0.341. The molecule has 1 unspecified atom stereocenters. The van der Waals surface area contributed by atoms with E-state index in [1.165, 1.54) is 29.0 Å². The molecule has 1 fully saturated rings. The minimum absolute atomic E-state index is 0.0192. The van der Waals surface area contributed by atoms with Crippen LogP contribution < -0.4 is 29.7 Å². The minimum Gasteiger partial charge on any atom is -0.489 e. The maximum absolute atomic E-state index is 14.0. The summed E-state index contributed by atoms with van der Waals surface area (Å²) in [6.07, 6.45) is 5.40. The van der Waals surface area contributed by atoms with E-state index in [1.54, 1.807) is 24.4 Å². The molecule has 5 aromatic rings. The first-order valence-electron chi connectivity index (χ1n) is 20.6. The number of aromatic amines is 1. The molecule has 63 heavy (non-hydrogen) atoms. The number of H-pyrrole nitrogens is 1. The second-order valence-corrected chi connectivity index (χ2v) is 18.9. The van der Waals surface area contributed by atoms with E-state index < -0.39 is 43.6 Å². The Kier molecular flexibility index (Phi) is 12.2. The number of rotatable bonds is 13. The summed E-state index contributed by atoms with van der Waals surface area (Å²) in [5, 5.41) is 27.7. The average Bonchev–Trinajstić information content (AvgIpc) is 3.72. The number of aromatic nitrogens is 2. The summed E-state index contributed by atoms with van der Waals surface area (Å²) in [4.78, 5) is 47.7. The summed E-state index contributed by atoms with van der Waals surface area (Å²) >= 11 is 6.23. The van der Waals surface area contributed by atoms with Crippen molar-refractivity contribution in [1.82, 2.24) is 24.9 Å². The van der Waals surface area contributed by atoms with Gasteiger partial charge in [0.2, 0.25) is 0 Å². The predicted molar refractivity (Wildman–Crippen MR) is 239 cm³/mol. The van der Waals surface area contributed by atoms with Gasteiger partial charge in [0.15, 0.2) is 11.4 Å². The maximum atomic E-state index is 14.0. The number of nitro groups is 1. The molecule has 0 saturated carbocycles. The lowest BCUT2D eigenvalue weighted by atomic mass is 9.72. The topological polar surface area (TPSA) is 221 Å². The monoisotopic (exact) mass is 898 g/mol. The molecule has 0 bridgehead atoms. The first-order valence-corrected chi connectivity index (χ1v) is 22.4. The van der Waals surface area contributed by atoms with Crippen LogP contribution in [0.4, 0.5) is 21.9 Å². The molecule has 2 amide bonds. The van der Waals surface area contributed by atoms with Crippen molar-refractivity contribution < 1.29 is 37.5 Å². The molecule has 8 rings (SSSR count). The molecule has 1 aliphatic carbocycles. The molecule has 0 radical (unpaired) electrons. The van der Waals surface area contributed by atoms with Gasteiger partial charge in [-0.2, -0.15) is 0 Å². The molecule has 19 heteroatoms. The van der Waals surface area contributed by atoms with Gasteiger partial charge in [0, 0.05) is 79.8 Å². The Morgan fingerprint density at radius 2 is 1.86 bits per heavy atom. The Morgan fingerprint density at radius 1 is 1.08 bits per heavy atom. The number of sulfonamides is 1. The van der Waals surface area contributed by atoms with E-state index in [-0.39, 0.29) is 47.7 Å². The normalized spacial score (nSPS) is 17.6. The number of hydrogen-bond acceptors (Lipinski definition) is 12. The average molecular weight is 899 g/mol. The van der Waals surface area contributed by atoms with Crippen molar-refractivity contribution in [1.29, 1.82) is 0 Å². The number of fused-ring (bicyclic) bond motifs is 2. The fourth-order valence-corrected chi connectivity index (χ4v) is 9.42. The third-order valence-electron chi connectivity index (χ3n) is 11.7. The van der Waals surface area contributed by atoms with Crippen LogP contribution in [0.3, 0.4) is 0 Å². The van der Waals surface area contributed by atoms with E-state index in [4.69, 9.17) is 26.2 Å². The van der Waals surface area contributed by atoms with E-state index in [0.717, 1.165) is 62.1 Å². The molecule has 1 atom stereocenters. The van der Waals surface area contributed by atoms with Gasteiger partial charge in [0.1, 0.15) is 23.8 Å². The second kappa shape index (κ2) is 17.8. The van der Waals surface area contributed by atoms with E-state index in [1.807, 2.05) is 18.2 Å². The van der Waals surface area contributed by atoms with E-state index in [2.05, 4.69) is 61.1 Å². The quantitative estimate of drug-likeness (QED) is 0.0567.